The maximum Gasteiger partial charge on any atom is 0.237 e. The van der Waals surface area contributed by atoms with Crippen molar-refractivity contribution in [3.05, 3.63) is 34.9 Å². The summed E-state index contributed by atoms with van der Waals surface area (Å²) in [6.07, 6.45) is -0.0170. The normalized spacial score (nSPS) is 26.1. The van der Waals surface area contributed by atoms with E-state index in [-0.39, 0.29) is 49.7 Å². The van der Waals surface area contributed by atoms with Crippen LogP contribution in [0.1, 0.15) is 44.6 Å². The molecule has 1 aliphatic carbocycles. The van der Waals surface area contributed by atoms with E-state index in [1.165, 1.54) is 4.90 Å². The number of amides is 2. The van der Waals surface area contributed by atoms with Crippen LogP contribution in [0.4, 0.5) is 4.39 Å². The van der Waals surface area contributed by atoms with Crippen LogP contribution in [0.3, 0.4) is 0 Å². The lowest BCUT2D eigenvalue weighted by molar-refractivity contribution is -0.131. The number of halogens is 2. The van der Waals surface area contributed by atoms with Crippen molar-refractivity contribution in [3.8, 4) is 6.07 Å². The van der Waals surface area contributed by atoms with Gasteiger partial charge in [0.1, 0.15) is 12.2 Å². The SMILES string of the molecule is CC(C)(CC(=O)NC1CC1c1cccc(Cl)c1)NCC(=O)N1CC(F)CC1C#N. The Morgan fingerprint density at radius 2 is 2.14 bits per heavy atom. The highest BCUT2D eigenvalue weighted by Gasteiger charge is 2.40. The molecule has 2 N–H and O–H groups in total. The topological polar surface area (TPSA) is 85.2 Å². The number of nitriles is 1. The van der Waals surface area contributed by atoms with Crippen LogP contribution < -0.4 is 10.6 Å². The van der Waals surface area contributed by atoms with Gasteiger partial charge in [-0.05, 0) is 38.0 Å². The van der Waals surface area contributed by atoms with E-state index in [0.717, 1.165) is 12.0 Å². The van der Waals surface area contributed by atoms with Gasteiger partial charge in [-0.3, -0.25) is 9.59 Å². The van der Waals surface area contributed by atoms with Crippen LogP contribution >= 0.6 is 11.6 Å². The Balaban J connectivity index is 1.44. The number of carbonyl (C=O) groups is 2. The molecule has 4 unspecified atom stereocenters. The van der Waals surface area contributed by atoms with Crippen molar-refractivity contribution in [2.24, 2.45) is 0 Å². The molecular formula is C21H26ClFN4O2. The van der Waals surface area contributed by atoms with Gasteiger partial charge in [-0.15, -0.1) is 0 Å². The second-order valence-electron chi connectivity index (χ2n) is 8.51. The molecule has 1 saturated carbocycles. The van der Waals surface area contributed by atoms with Crippen LogP contribution in [0.2, 0.25) is 5.02 Å². The fourth-order valence-corrected chi connectivity index (χ4v) is 3.98. The molecule has 2 fully saturated rings. The van der Waals surface area contributed by atoms with E-state index in [0.29, 0.717) is 5.02 Å². The molecule has 1 heterocycles. The molecule has 1 aromatic rings. The van der Waals surface area contributed by atoms with Gasteiger partial charge in [0.2, 0.25) is 11.8 Å². The molecule has 6 nitrogen and oxygen atoms in total. The third-order valence-electron chi connectivity index (χ3n) is 5.45. The first-order chi connectivity index (χ1) is 13.7. The van der Waals surface area contributed by atoms with E-state index in [1.54, 1.807) is 0 Å². The smallest absolute Gasteiger partial charge is 0.237 e. The minimum Gasteiger partial charge on any atom is -0.353 e. The summed E-state index contributed by atoms with van der Waals surface area (Å²) in [4.78, 5) is 26.0. The molecule has 4 atom stereocenters. The largest absolute Gasteiger partial charge is 0.353 e. The fourth-order valence-electron chi connectivity index (χ4n) is 3.78. The Kier molecular flexibility index (Phi) is 6.45. The highest BCUT2D eigenvalue weighted by atomic mass is 35.5. The predicted octanol–water partition coefficient (Wildman–Crippen LogP) is 2.53. The number of nitrogens with zero attached hydrogens (tertiary/aromatic N) is 2. The molecular weight excluding hydrogens is 395 g/mol. The molecule has 1 aliphatic heterocycles. The number of rotatable bonds is 7. The Morgan fingerprint density at radius 3 is 2.83 bits per heavy atom. The van der Waals surface area contributed by atoms with E-state index >= 15 is 0 Å². The molecule has 1 aromatic carbocycles. The molecule has 0 bridgehead atoms. The van der Waals surface area contributed by atoms with Crippen molar-refractivity contribution >= 4 is 23.4 Å². The quantitative estimate of drug-likeness (QED) is 0.709. The number of alkyl halides is 1. The number of carbonyl (C=O) groups excluding carboxylic acids is 2. The molecule has 3 rings (SSSR count). The third-order valence-corrected chi connectivity index (χ3v) is 5.69. The molecule has 1 saturated heterocycles. The molecule has 0 radical (unpaired) electrons. The van der Waals surface area contributed by atoms with E-state index in [2.05, 4.69) is 10.6 Å². The number of nitrogens with one attached hydrogen (secondary N) is 2. The van der Waals surface area contributed by atoms with Gasteiger partial charge in [-0.1, -0.05) is 23.7 Å². The summed E-state index contributed by atoms with van der Waals surface area (Å²) in [5, 5.41) is 15.9. The van der Waals surface area contributed by atoms with Gasteiger partial charge in [0, 0.05) is 35.4 Å². The Morgan fingerprint density at radius 1 is 1.38 bits per heavy atom. The van der Waals surface area contributed by atoms with Crippen molar-refractivity contribution in [2.45, 2.75) is 62.8 Å². The zero-order valence-electron chi connectivity index (χ0n) is 16.6. The summed E-state index contributed by atoms with van der Waals surface area (Å²) in [7, 11) is 0. The van der Waals surface area contributed by atoms with Gasteiger partial charge in [0.05, 0.1) is 19.2 Å². The predicted molar refractivity (Wildman–Crippen MR) is 108 cm³/mol. The zero-order valence-corrected chi connectivity index (χ0v) is 17.4. The molecule has 8 heteroatoms. The first kappa shape index (κ1) is 21.5. The van der Waals surface area contributed by atoms with Gasteiger partial charge >= 0.3 is 0 Å². The zero-order chi connectivity index (χ0) is 21.2. The first-order valence-electron chi connectivity index (χ1n) is 9.81. The molecule has 29 heavy (non-hydrogen) atoms. The van der Waals surface area contributed by atoms with E-state index in [4.69, 9.17) is 16.9 Å². The molecule has 2 aliphatic rings. The number of likely N-dealkylation sites (tertiary alicyclic amines) is 1. The lowest BCUT2D eigenvalue weighted by Gasteiger charge is -2.27. The molecule has 0 spiro atoms. The van der Waals surface area contributed by atoms with Crippen LogP contribution in [0, 0.1) is 11.3 Å². The number of benzene rings is 1. The van der Waals surface area contributed by atoms with Crippen LogP contribution in [-0.2, 0) is 9.59 Å². The average molecular weight is 421 g/mol. The van der Waals surface area contributed by atoms with Gasteiger partial charge < -0.3 is 15.5 Å². The summed E-state index contributed by atoms with van der Waals surface area (Å²) >= 11 is 6.03. The van der Waals surface area contributed by atoms with Gasteiger partial charge in [-0.2, -0.15) is 5.26 Å². The fraction of sp³-hybridized carbons (Fsp3) is 0.571. The first-order valence-corrected chi connectivity index (χ1v) is 10.2. The lowest BCUT2D eigenvalue weighted by atomic mass is 10.00. The summed E-state index contributed by atoms with van der Waals surface area (Å²) in [5.74, 6) is -0.139. The van der Waals surface area contributed by atoms with Gasteiger partial charge in [0.15, 0.2) is 0 Å². The van der Waals surface area contributed by atoms with Crippen molar-refractivity contribution in [1.82, 2.24) is 15.5 Å². The summed E-state index contributed by atoms with van der Waals surface area (Å²) in [6, 6.07) is 9.01. The summed E-state index contributed by atoms with van der Waals surface area (Å²) in [5.41, 5.74) is 0.506. The summed E-state index contributed by atoms with van der Waals surface area (Å²) < 4.78 is 13.5. The van der Waals surface area contributed by atoms with Crippen LogP contribution in [0.25, 0.3) is 0 Å². The maximum absolute atomic E-state index is 13.5. The number of hydrogen-bond donors (Lipinski definition) is 2. The van der Waals surface area contributed by atoms with Crippen molar-refractivity contribution in [3.63, 3.8) is 0 Å². The second-order valence-corrected chi connectivity index (χ2v) is 8.95. The van der Waals surface area contributed by atoms with Gasteiger partial charge in [0.25, 0.3) is 0 Å². The number of hydrogen-bond acceptors (Lipinski definition) is 4. The van der Waals surface area contributed by atoms with Crippen LogP contribution in [-0.4, -0.2) is 53.6 Å². The van der Waals surface area contributed by atoms with E-state index < -0.39 is 17.8 Å². The van der Waals surface area contributed by atoms with Crippen molar-refractivity contribution < 1.29 is 14.0 Å². The van der Waals surface area contributed by atoms with E-state index in [9.17, 15) is 14.0 Å². The highest BCUT2D eigenvalue weighted by Crippen LogP contribution is 2.41. The van der Waals surface area contributed by atoms with Gasteiger partial charge in [-0.25, -0.2) is 4.39 Å². The Hall–Kier alpha value is -2.17. The third kappa shape index (κ3) is 5.68. The average Bonchev–Trinajstić information content (AvgIpc) is 3.30. The van der Waals surface area contributed by atoms with Crippen LogP contribution in [0.15, 0.2) is 24.3 Å². The Labute approximate surface area is 175 Å². The standard InChI is InChI=1S/C21H26ClFN4O2/c1-21(2,25-11-20(29)27-12-15(23)7-16(27)10-24)9-19(28)26-18-8-17(18)13-4-3-5-14(22)6-13/h3-6,15-18,25H,7-9,11-12H2,1-2H3,(H,26,28). The minimum absolute atomic E-state index is 0.0419. The molecule has 2 amide bonds. The monoisotopic (exact) mass is 420 g/mol. The highest BCUT2D eigenvalue weighted by molar-refractivity contribution is 6.30. The maximum atomic E-state index is 13.5. The second kappa shape index (κ2) is 8.68. The summed E-state index contributed by atoms with van der Waals surface area (Å²) in [6.45, 7) is 3.59. The Bertz CT molecular complexity index is 825. The molecule has 156 valence electrons. The lowest BCUT2D eigenvalue weighted by Crippen LogP contribution is -2.49. The minimum atomic E-state index is -1.16. The van der Waals surface area contributed by atoms with Crippen LogP contribution in [0.5, 0.6) is 0 Å². The van der Waals surface area contributed by atoms with Crippen molar-refractivity contribution in [2.75, 3.05) is 13.1 Å². The van der Waals surface area contributed by atoms with Crippen molar-refractivity contribution in [1.29, 1.82) is 5.26 Å². The van der Waals surface area contributed by atoms with E-state index in [1.807, 2.05) is 44.2 Å². The molecule has 0 aromatic heterocycles.